The molecule has 0 saturated carbocycles. The number of aromatic nitrogens is 2. The Morgan fingerprint density at radius 3 is 2.73 bits per heavy atom. The van der Waals surface area contributed by atoms with Gasteiger partial charge in [0.2, 0.25) is 5.95 Å². The molecule has 2 heterocycles. The van der Waals surface area contributed by atoms with E-state index >= 15 is 0 Å². The number of ether oxygens (including phenoxy) is 3. The molecule has 1 aromatic heterocycles. The maximum atomic E-state index is 13.2. The number of hydrogen-bond donors (Lipinski definition) is 1. The van der Waals surface area contributed by atoms with E-state index in [0.717, 1.165) is 34.5 Å². The summed E-state index contributed by atoms with van der Waals surface area (Å²) in [5, 5.41) is 3.30. The lowest BCUT2D eigenvalue weighted by Crippen LogP contribution is -2.29. The number of nitrogens with one attached hydrogen (secondary N) is 1. The van der Waals surface area contributed by atoms with E-state index < -0.39 is 6.04 Å². The zero-order valence-electron chi connectivity index (χ0n) is 19.6. The molecule has 7 nitrogen and oxygen atoms in total. The van der Waals surface area contributed by atoms with Gasteiger partial charge in [0, 0.05) is 12.8 Å². The lowest BCUT2D eigenvalue weighted by Gasteiger charge is -2.30. The number of carbonyl (C=O) groups excluding carboxylic acids is 1. The standard InChI is InChI=1S/C26H31N3O4/c1-17(2)12-13-32-20-9-7-8-19(16-20)24-23(25(30)33-15-14-31-4)18(3)27-26-28-21-10-5-6-11-22(21)29(24)26/h5-11,16-17,24H,12-15H2,1-4H3,(H,27,28). The van der Waals surface area contributed by atoms with Gasteiger partial charge in [-0.2, -0.15) is 0 Å². The summed E-state index contributed by atoms with van der Waals surface area (Å²) in [6, 6.07) is 15.4. The number of benzene rings is 2. The molecule has 1 aliphatic heterocycles. The predicted octanol–water partition coefficient (Wildman–Crippen LogP) is 4.94. The molecular weight excluding hydrogens is 418 g/mol. The number of methoxy groups -OCH3 is 1. The Morgan fingerprint density at radius 2 is 1.94 bits per heavy atom. The van der Waals surface area contributed by atoms with Crippen LogP contribution in [0.1, 0.15) is 38.8 Å². The van der Waals surface area contributed by atoms with Crippen molar-refractivity contribution in [1.82, 2.24) is 9.55 Å². The van der Waals surface area contributed by atoms with Crippen LogP contribution in [-0.2, 0) is 14.3 Å². The molecule has 4 rings (SSSR count). The van der Waals surface area contributed by atoms with Crippen molar-refractivity contribution in [3.05, 3.63) is 65.4 Å². The number of para-hydroxylation sites is 2. The van der Waals surface area contributed by atoms with E-state index in [0.29, 0.717) is 30.7 Å². The number of allylic oxidation sites excluding steroid dienone is 1. The minimum atomic E-state index is -0.405. The Morgan fingerprint density at radius 1 is 1.12 bits per heavy atom. The average Bonchev–Trinajstić information content (AvgIpc) is 3.16. The summed E-state index contributed by atoms with van der Waals surface area (Å²) in [5.74, 6) is 1.66. The van der Waals surface area contributed by atoms with Crippen molar-refractivity contribution in [2.24, 2.45) is 5.92 Å². The van der Waals surface area contributed by atoms with E-state index in [1.807, 2.05) is 55.5 Å². The number of anilines is 1. The quantitative estimate of drug-likeness (QED) is 0.368. The Kier molecular flexibility index (Phi) is 6.99. The Bertz CT molecular complexity index is 1170. The lowest BCUT2D eigenvalue weighted by molar-refractivity contribution is -0.140. The first kappa shape index (κ1) is 22.9. The maximum absolute atomic E-state index is 13.2. The van der Waals surface area contributed by atoms with Crippen LogP contribution >= 0.6 is 0 Å². The fourth-order valence-corrected chi connectivity index (χ4v) is 4.03. The first-order chi connectivity index (χ1) is 16.0. The van der Waals surface area contributed by atoms with E-state index in [1.165, 1.54) is 0 Å². The highest BCUT2D eigenvalue weighted by Gasteiger charge is 2.35. The number of hydrogen-bond acceptors (Lipinski definition) is 6. The normalized spacial score (nSPS) is 15.5. The molecule has 1 unspecified atom stereocenters. The van der Waals surface area contributed by atoms with E-state index in [9.17, 15) is 4.79 Å². The van der Waals surface area contributed by atoms with Crippen molar-refractivity contribution >= 4 is 23.0 Å². The number of esters is 1. The molecule has 2 aromatic carbocycles. The molecular formula is C26H31N3O4. The van der Waals surface area contributed by atoms with Gasteiger partial charge in [0.15, 0.2) is 0 Å². The van der Waals surface area contributed by atoms with Gasteiger partial charge in [-0.3, -0.25) is 4.57 Å². The molecule has 1 atom stereocenters. The third-order valence-corrected chi connectivity index (χ3v) is 5.71. The van der Waals surface area contributed by atoms with Crippen LogP contribution in [0.4, 0.5) is 5.95 Å². The molecule has 3 aromatic rings. The van der Waals surface area contributed by atoms with Gasteiger partial charge in [-0.25, -0.2) is 9.78 Å². The average molecular weight is 450 g/mol. The minimum absolute atomic E-state index is 0.189. The second kappa shape index (κ2) is 10.1. The largest absolute Gasteiger partial charge is 0.494 e. The second-order valence-corrected chi connectivity index (χ2v) is 8.59. The van der Waals surface area contributed by atoms with E-state index in [2.05, 4.69) is 23.7 Å². The molecule has 0 spiro atoms. The summed E-state index contributed by atoms with van der Waals surface area (Å²) in [4.78, 5) is 18.0. The van der Waals surface area contributed by atoms with Gasteiger partial charge in [-0.1, -0.05) is 38.1 Å². The van der Waals surface area contributed by atoms with E-state index in [-0.39, 0.29) is 12.6 Å². The van der Waals surface area contributed by atoms with Crippen molar-refractivity contribution in [3.63, 3.8) is 0 Å². The van der Waals surface area contributed by atoms with Crippen LogP contribution in [0, 0.1) is 5.92 Å². The number of imidazole rings is 1. The highest BCUT2D eigenvalue weighted by atomic mass is 16.6. The highest BCUT2D eigenvalue weighted by Crippen LogP contribution is 2.40. The fourth-order valence-electron chi connectivity index (χ4n) is 4.03. The number of carbonyl (C=O) groups is 1. The first-order valence-electron chi connectivity index (χ1n) is 11.3. The number of rotatable bonds is 9. The summed E-state index contributed by atoms with van der Waals surface area (Å²) in [7, 11) is 1.58. The molecule has 0 fully saturated rings. The fraction of sp³-hybridized carbons (Fsp3) is 0.385. The van der Waals surface area contributed by atoms with Crippen LogP contribution in [0.25, 0.3) is 11.0 Å². The molecule has 0 amide bonds. The van der Waals surface area contributed by atoms with Gasteiger partial charge in [0.25, 0.3) is 0 Å². The van der Waals surface area contributed by atoms with Gasteiger partial charge < -0.3 is 19.5 Å². The number of nitrogens with zero attached hydrogens (tertiary/aromatic N) is 2. The van der Waals surface area contributed by atoms with Crippen molar-refractivity contribution in [1.29, 1.82) is 0 Å². The SMILES string of the molecule is COCCOC(=O)C1=C(C)Nc2nc3ccccc3n2C1c1cccc(OCCC(C)C)c1. The second-order valence-electron chi connectivity index (χ2n) is 8.59. The monoisotopic (exact) mass is 449 g/mol. The first-order valence-corrected chi connectivity index (χ1v) is 11.3. The highest BCUT2D eigenvalue weighted by molar-refractivity contribution is 5.94. The minimum Gasteiger partial charge on any atom is -0.494 e. The molecule has 0 radical (unpaired) electrons. The third-order valence-electron chi connectivity index (χ3n) is 5.71. The van der Waals surface area contributed by atoms with Crippen LogP contribution in [0.2, 0.25) is 0 Å². The number of fused-ring (bicyclic) bond motifs is 3. The summed E-state index contributed by atoms with van der Waals surface area (Å²) in [6.07, 6.45) is 0.976. The Balaban J connectivity index is 1.77. The molecule has 7 heteroatoms. The smallest absolute Gasteiger partial charge is 0.338 e. The summed E-state index contributed by atoms with van der Waals surface area (Å²) in [6.45, 7) is 7.41. The van der Waals surface area contributed by atoms with E-state index in [4.69, 9.17) is 19.2 Å². The van der Waals surface area contributed by atoms with Crippen LogP contribution in [0.5, 0.6) is 5.75 Å². The molecule has 0 saturated heterocycles. The van der Waals surface area contributed by atoms with Crippen LogP contribution < -0.4 is 10.1 Å². The maximum Gasteiger partial charge on any atom is 0.338 e. The third kappa shape index (κ3) is 4.88. The van der Waals surface area contributed by atoms with Gasteiger partial charge in [0.05, 0.1) is 35.9 Å². The van der Waals surface area contributed by atoms with Gasteiger partial charge in [-0.15, -0.1) is 0 Å². The summed E-state index contributed by atoms with van der Waals surface area (Å²) < 4.78 is 18.7. The van der Waals surface area contributed by atoms with Crippen molar-refractivity contribution in [3.8, 4) is 5.75 Å². The van der Waals surface area contributed by atoms with Crippen LogP contribution in [0.15, 0.2) is 59.8 Å². The zero-order valence-corrected chi connectivity index (χ0v) is 19.6. The molecule has 0 aliphatic carbocycles. The van der Waals surface area contributed by atoms with Crippen LogP contribution in [-0.4, -0.2) is 42.5 Å². The molecule has 174 valence electrons. The van der Waals surface area contributed by atoms with Crippen molar-refractivity contribution in [2.45, 2.75) is 33.2 Å². The van der Waals surface area contributed by atoms with Gasteiger partial charge >= 0.3 is 5.97 Å². The molecule has 1 aliphatic rings. The van der Waals surface area contributed by atoms with Gasteiger partial charge in [0.1, 0.15) is 12.4 Å². The predicted molar refractivity (Wildman–Crippen MR) is 128 cm³/mol. The van der Waals surface area contributed by atoms with E-state index in [1.54, 1.807) is 7.11 Å². The van der Waals surface area contributed by atoms with Gasteiger partial charge in [-0.05, 0) is 49.1 Å². The molecule has 1 N–H and O–H groups in total. The summed E-state index contributed by atoms with van der Waals surface area (Å²) in [5.41, 5.74) is 3.99. The Hall–Kier alpha value is -3.32. The lowest BCUT2D eigenvalue weighted by atomic mass is 9.95. The summed E-state index contributed by atoms with van der Waals surface area (Å²) >= 11 is 0. The topological polar surface area (TPSA) is 74.6 Å². The zero-order chi connectivity index (χ0) is 23.4. The molecule has 33 heavy (non-hydrogen) atoms. The Labute approximate surface area is 194 Å². The molecule has 0 bridgehead atoms. The van der Waals surface area contributed by atoms with Crippen LogP contribution in [0.3, 0.4) is 0 Å². The van der Waals surface area contributed by atoms with Crippen molar-refractivity contribution < 1.29 is 19.0 Å². The van der Waals surface area contributed by atoms with Crippen molar-refractivity contribution in [2.75, 3.05) is 32.2 Å².